The fourth-order valence-corrected chi connectivity index (χ4v) is 5.16. The van der Waals surface area contributed by atoms with Crippen molar-refractivity contribution in [2.24, 2.45) is 0 Å². The van der Waals surface area contributed by atoms with Gasteiger partial charge in [-0.2, -0.15) is 0 Å². The average Bonchev–Trinajstić information content (AvgIpc) is 2.75. The van der Waals surface area contributed by atoms with Crippen LogP contribution in [0.3, 0.4) is 0 Å². The van der Waals surface area contributed by atoms with Crippen LogP contribution in [0.5, 0.6) is 0 Å². The average molecular weight is 486 g/mol. The Hall–Kier alpha value is -2.97. The van der Waals surface area contributed by atoms with E-state index < -0.39 is 24.6 Å². The first kappa shape index (κ1) is 24.7. The van der Waals surface area contributed by atoms with E-state index in [-0.39, 0.29) is 22.9 Å². The van der Waals surface area contributed by atoms with Gasteiger partial charge < -0.3 is 0 Å². The second-order valence-corrected chi connectivity index (χ2v) is 13.2. The summed E-state index contributed by atoms with van der Waals surface area (Å²) in [4.78, 5) is 12.8. The molecule has 3 aromatic carbocycles. The fraction of sp³-hybridized carbons (Fsp3) is 0.240. The van der Waals surface area contributed by atoms with Gasteiger partial charge in [-0.05, 0) is 56.2 Å². The molecule has 0 aliphatic carbocycles. The van der Waals surface area contributed by atoms with Crippen LogP contribution in [0.15, 0.2) is 83.8 Å². The summed E-state index contributed by atoms with van der Waals surface area (Å²) in [7, 11) is -6.98. The van der Waals surface area contributed by atoms with Gasteiger partial charge in [0.2, 0.25) is 0 Å². The smallest absolute Gasteiger partial charge is 0.261 e. The zero-order chi connectivity index (χ0) is 24.3. The number of sulfonamides is 1. The molecule has 0 radical (unpaired) electrons. The Morgan fingerprint density at radius 1 is 0.758 bits per heavy atom. The van der Waals surface area contributed by atoms with E-state index in [1.807, 2.05) is 0 Å². The minimum atomic E-state index is -3.68. The topological polar surface area (TPSA) is 97.4 Å². The Kier molecular flexibility index (Phi) is 7.09. The highest BCUT2D eigenvalue weighted by molar-refractivity contribution is 7.92. The van der Waals surface area contributed by atoms with Crippen molar-refractivity contribution in [2.75, 3.05) is 4.72 Å². The highest BCUT2D eigenvalue weighted by atomic mass is 32.2. The molecule has 174 valence electrons. The number of rotatable bonds is 8. The predicted octanol–water partition coefficient (Wildman–Crippen LogP) is 4.63. The number of carbonyl (C=O) groups excluding carboxylic acids is 1. The summed E-state index contributed by atoms with van der Waals surface area (Å²) >= 11 is 0. The zero-order valence-electron chi connectivity index (χ0n) is 18.8. The predicted molar refractivity (Wildman–Crippen MR) is 131 cm³/mol. The Bertz CT molecular complexity index is 1320. The van der Waals surface area contributed by atoms with Gasteiger partial charge in [0, 0.05) is 17.7 Å². The summed E-state index contributed by atoms with van der Waals surface area (Å²) in [6.45, 7) is 4.99. The van der Waals surface area contributed by atoms with Crippen LogP contribution in [-0.4, -0.2) is 27.4 Å². The lowest BCUT2D eigenvalue weighted by atomic mass is 10.0. The lowest BCUT2D eigenvalue weighted by Gasteiger charge is -2.19. The van der Waals surface area contributed by atoms with E-state index in [0.717, 1.165) is 5.56 Å². The quantitative estimate of drug-likeness (QED) is 0.469. The maximum Gasteiger partial charge on any atom is 0.261 e. The third-order valence-corrected chi connectivity index (χ3v) is 9.17. The van der Waals surface area contributed by atoms with Gasteiger partial charge in [0.15, 0.2) is 15.6 Å². The molecule has 0 bridgehead atoms. The molecule has 0 aromatic heterocycles. The standard InChI is InChI=1S/C25H27NO5S2/c1-25(2,3)32(28,29)18-20-9-13-21(14-10-20)24(27)17-19-11-15-22(16-12-19)26-33(30,31)23-7-5-4-6-8-23/h4-16,26H,17-18H2,1-3H3. The monoisotopic (exact) mass is 485 g/mol. The first-order valence-corrected chi connectivity index (χ1v) is 13.5. The Labute approximate surface area is 195 Å². The first-order chi connectivity index (χ1) is 15.4. The number of sulfone groups is 1. The molecule has 33 heavy (non-hydrogen) atoms. The van der Waals surface area contributed by atoms with E-state index in [4.69, 9.17) is 0 Å². The Morgan fingerprint density at radius 3 is 1.85 bits per heavy atom. The summed E-state index contributed by atoms with van der Waals surface area (Å²) in [6.07, 6.45) is 0.144. The van der Waals surface area contributed by atoms with Crippen LogP contribution in [0.2, 0.25) is 0 Å². The molecule has 0 saturated heterocycles. The number of nitrogens with one attached hydrogen (secondary N) is 1. The molecule has 8 heteroatoms. The van der Waals surface area contributed by atoms with E-state index in [9.17, 15) is 21.6 Å². The molecule has 0 atom stereocenters. The lowest BCUT2D eigenvalue weighted by Crippen LogP contribution is -2.29. The molecule has 3 rings (SSSR count). The van der Waals surface area contributed by atoms with Gasteiger partial charge in [0.1, 0.15) is 0 Å². The van der Waals surface area contributed by atoms with Gasteiger partial charge in [0.25, 0.3) is 10.0 Å². The van der Waals surface area contributed by atoms with Crippen molar-refractivity contribution < 1.29 is 21.6 Å². The number of anilines is 1. The highest BCUT2D eigenvalue weighted by Gasteiger charge is 2.28. The zero-order valence-corrected chi connectivity index (χ0v) is 20.4. The van der Waals surface area contributed by atoms with E-state index in [1.165, 1.54) is 12.1 Å². The number of hydrogen-bond acceptors (Lipinski definition) is 5. The number of carbonyl (C=O) groups is 1. The maximum absolute atomic E-state index is 12.6. The van der Waals surface area contributed by atoms with Crippen molar-refractivity contribution in [3.63, 3.8) is 0 Å². The van der Waals surface area contributed by atoms with E-state index >= 15 is 0 Å². The molecule has 0 saturated carbocycles. The molecule has 0 aliphatic rings. The van der Waals surface area contributed by atoms with E-state index in [2.05, 4.69) is 4.72 Å². The second-order valence-electron chi connectivity index (χ2n) is 8.78. The minimum absolute atomic E-state index is 0.0781. The van der Waals surface area contributed by atoms with Crippen LogP contribution in [0, 0.1) is 0 Å². The number of ketones is 1. The molecule has 6 nitrogen and oxygen atoms in total. The van der Waals surface area contributed by atoms with Crippen molar-refractivity contribution in [2.45, 2.75) is 42.6 Å². The van der Waals surface area contributed by atoms with Crippen molar-refractivity contribution in [1.29, 1.82) is 0 Å². The van der Waals surface area contributed by atoms with Crippen molar-refractivity contribution in [3.8, 4) is 0 Å². The van der Waals surface area contributed by atoms with Crippen molar-refractivity contribution in [3.05, 3.63) is 95.6 Å². The summed E-state index contributed by atoms with van der Waals surface area (Å²) in [5.41, 5.74) is 2.26. The van der Waals surface area contributed by atoms with Crippen molar-refractivity contribution >= 4 is 31.3 Å². The molecule has 0 fully saturated rings. The molecule has 0 aliphatic heterocycles. The van der Waals surface area contributed by atoms with Gasteiger partial charge in [-0.25, -0.2) is 16.8 Å². The molecular formula is C25H27NO5S2. The van der Waals surface area contributed by atoms with Crippen LogP contribution in [-0.2, 0) is 32.0 Å². The van der Waals surface area contributed by atoms with Crippen LogP contribution in [0.1, 0.15) is 42.3 Å². The lowest BCUT2D eigenvalue weighted by molar-refractivity contribution is 0.0993. The largest absolute Gasteiger partial charge is 0.294 e. The van der Waals surface area contributed by atoms with Crippen LogP contribution < -0.4 is 4.72 Å². The molecule has 1 N–H and O–H groups in total. The van der Waals surface area contributed by atoms with E-state index in [1.54, 1.807) is 87.5 Å². The van der Waals surface area contributed by atoms with Gasteiger partial charge >= 0.3 is 0 Å². The SMILES string of the molecule is CC(C)(C)S(=O)(=O)Cc1ccc(C(=O)Cc2ccc(NS(=O)(=O)c3ccccc3)cc2)cc1. The summed E-state index contributed by atoms with van der Waals surface area (Å²) in [5.74, 6) is -0.191. The summed E-state index contributed by atoms with van der Waals surface area (Å²) in [6, 6.07) is 21.3. The number of hydrogen-bond donors (Lipinski definition) is 1. The molecule has 0 unspecified atom stereocenters. The summed E-state index contributed by atoms with van der Waals surface area (Å²) in [5, 5.41) is 0. The normalized spacial score (nSPS) is 12.3. The van der Waals surface area contributed by atoms with Gasteiger partial charge in [-0.15, -0.1) is 0 Å². The number of Topliss-reactive ketones (excluding diaryl/α,β-unsaturated/α-hetero) is 1. The Morgan fingerprint density at radius 2 is 1.30 bits per heavy atom. The first-order valence-electron chi connectivity index (χ1n) is 10.4. The van der Waals surface area contributed by atoms with Crippen LogP contribution in [0.4, 0.5) is 5.69 Å². The van der Waals surface area contributed by atoms with Gasteiger partial charge in [0.05, 0.1) is 15.4 Å². The fourth-order valence-electron chi connectivity index (χ4n) is 3.01. The summed E-state index contributed by atoms with van der Waals surface area (Å²) < 4.78 is 51.2. The second kappa shape index (κ2) is 9.49. The van der Waals surface area contributed by atoms with Crippen LogP contribution in [0.25, 0.3) is 0 Å². The Balaban J connectivity index is 1.64. The third kappa shape index (κ3) is 6.30. The minimum Gasteiger partial charge on any atom is -0.294 e. The molecule has 3 aromatic rings. The number of benzene rings is 3. The van der Waals surface area contributed by atoms with E-state index in [0.29, 0.717) is 16.8 Å². The highest BCUT2D eigenvalue weighted by Crippen LogP contribution is 2.21. The molecular weight excluding hydrogens is 458 g/mol. The van der Waals surface area contributed by atoms with Gasteiger partial charge in [-0.3, -0.25) is 9.52 Å². The maximum atomic E-state index is 12.6. The molecule has 0 amide bonds. The third-order valence-electron chi connectivity index (χ3n) is 5.19. The van der Waals surface area contributed by atoms with Crippen LogP contribution >= 0.6 is 0 Å². The van der Waals surface area contributed by atoms with Gasteiger partial charge in [-0.1, -0.05) is 54.6 Å². The van der Waals surface area contributed by atoms with Crippen molar-refractivity contribution in [1.82, 2.24) is 0 Å². The molecule has 0 heterocycles. The molecule has 0 spiro atoms.